The molecule has 1 amide bonds. The van der Waals surface area contributed by atoms with Gasteiger partial charge in [0.05, 0.1) is 13.2 Å². The topological polar surface area (TPSA) is 41.6 Å². The molecular formula is C9H18N2O2. The summed E-state index contributed by atoms with van der Waals surface area (Å²) >= 11 is 0. The number of hydrogen-bond donors (Lipinski definition) is 1. The zero-order valence-electron chi connectivity index (χ0n) is 8.38. The molecule has 0 aromatic heterocycles. The number of rotatable bonds is 4. The second-order valence-corrected chi connectivity index (χ2v) is 3.34. The van der Waals surface area contributed by atoms with Crippen LogP contribution in [0.2, 0.25) is 0 Å². The molecule has 0 bridgehead atoms. The quantitative estimate of drug-likeness (QED) is 0.691. The van der Waals surface area contributed by atoms with Crippen LogP contribution in [0.3, 0.4) is 0 Å². The van der Waals surface area contributed by atoms with E-state index in [9.17, 15) is 4.79 Å². The van der Waals surface area contributed by atoms with Gasteiger partial charge in [-0.1, -0.05) is 13.8 Å². The van der Waals surface area contributed by atoms with Crippen molar-refractivity contribution in [2.24, 2.45) is 5.92 Å². The fourth-order valence-corrected chi connectivity index (χ4v) is 1.32. The van der Waals surface area contributed by atoms with Crippen molar-refractivity contribution >= 4 is 5.91 Å². The molecule has 13 heavy (non-hydrogen) atoms. The van der Waals surface area contributed by atoms with E-state index in [-0.39, 0.29) is 11.8 Å². The summed E-state index contributed by atoms with van der Waals surface area (Å²) in [5.74, 6) is 0.108. The maximum Gasteiger partial charge on any atom is 0.250 e. The van der Waals surface area contributed by atoms with Crippen LogP contribution in [0.15, 0.2) is 0 Å². The standard InChI is InChI=1S/C9H18N2O2/c1-3-10-7-8(2)9(12)11-5-4-6-13-11/h8,10H,3-7H2,1-2H3. The van der Waals surface area contributed by atoms with Crippen LogP contribution in [-0.4, -0.2) is 37.2 Å². The van der Waals surface area contributed by atoms with Crippen molar-refractivity contribution in [3.05, 3.63) is 0 Å². The van der Waals surface area contributed by atoms with Gasteiger partial charge in [0.2, 0.25) is 5.91 Å². The third kappa shape index (κ3) is 2.97. The molecule has 0 aromatic carbocycles. The Bertz CT molecular complexity index is 167. The lowest BCUT2D eigenvalue weighted by atomic mass is 10.1. The van der Waals surface area contributed by atoms with Crippen molar-refractivity contribution in [2.45, 2.75) is 20.3 Å². The fraction of sp³-hybridized carbons (Fsp3) is 0.889. The minimum atomic E-state index is 0.0121. The molecule has 0 aromatic rings. The van der Waals surface area contributed by atoms with Crippen molar-refractivity contribution in [1.29, 1.82) is 0 Å². The monoisotopic (exact) mass is 186 g/mol. The molecule has 1 N–H and O–H groups in total. The van der Waals surface area contributed by atoms with Gasteiger partial charge >= 0.3 is 0 Å². The van der Waals surface area contributed by atoms with E-state index in [1.807, 2.05) is 13.8 Å². The smallest absolute Gasteiger partial charge is 0.250 e. The van der Waals surface area contributed by atoms with Gasteiger partial charge in [-0.25, -0.2) is 5.06 Å². The lowest BCUT2D eigenvalue weighted by Crippen LogP contribution is -2.36. The highest BCUT2D eigenvalue weighted by atomic mass is 16.7. The van der Waals surface area contributed by atoms with Gasteiger partial charge < -0.3 is 5.32 Å². The molecule has 0 spiro atoms. The lowest BCUT2D eigenvalue weighted by Gasteiger charge is -2.18. The summed E-state index contributed by atoms with van der Waals surface area (Å²) < 4.78 is 0. The molecular weight excluding hydrogens is 168 g/mol. The van der Waals surface area contributed by atoms with Crippen LogP contribution in [0.5, 0.6) is 0 Å². The Balaban J connectivity index is 2.28. The highest BCUT2D eigenvalue weighted by Crippen LogP contribution is 2.09. The highest BCUT2D eigenvalue weighted by molar-refractivity contribution is 5.77. The van der Waals surface area contributed by atoms with Crippen molar-refractivity contribution in [2.75, 3.05) is 26.2 Å². The third-order valence-corrected chi connectivity index (χ3v) is 2.12. The zero-order valence-corrected chi connectivity index (χ0v) is 8.38. The largest absolute Gasteiger partial charge is 0.316 e. The molecule has 0 aliphatic carbocycles. The first kappa shape index (κ1) is 10.5. The minimum Gasteiger partial charge on any atom is -0.316 e. The molecule has 1 saturated heterocycles. The Kier molecular flexibility index (Phi) is 4.18. The van der Waals surface area contributed by atoms with Gasteiger partial charge in [-0.2, -0.15) is 0 Å². The molecule has 76 valence electrons. The molecule has 1 fully saturated rings. The summed E-state index contributed by atoms with van der Waals surface area (Å²) in [5, 5.41) is 4.64. The van der Waals surface area contributed by atoms with Gasteiger partial charge in [-0.15, -0.1) is 0 Å². The maximum absolute atomic E-state index is 11.6. The van der Waals surface area contributed by atoms with Gasteiger partial charge in [-0.05, 0) is 13.0 Å². The summed E-state index contributed by atoms with van der Waals surface area (Å²) in [6, 6.07) is 0. The molecule has 1 unspecified atom stereocenters. The Morgan fingerprint density at radius 3 is 3.00 bits per heavy atom. The van der Waals surface area contributed by atoms with Gasteiger partial charge in [0.25, 0.3) is 0 Å². The van der Waals surface area contributed by atoms with Gasteiger partial charge in [-0.3, -0.25) is 9.63 Å². The number of amides is 1. The zero-order chi connectivity index (χ0) is 9.68. The fourth-order valence-electron chi connectivity index (χ4n) is 1.32. The van der Waals surface area contributed by atoms with E-state index in [2.05, 4.69) is 5.32 Å². The van der Waals surface area contributed by atoms with Crippen molar-refractivity contribution in [1.82, 2.24) is 10.4 Å². The number of carbonyl (C=O) groups excluding carboxylic acids is 1. The van der Waals surface area contributed by atoms with Crippen LogP contribution in [0, 0.1) is 5.92 Å². The van der Waals surface area contributed by atoms with Gasteiger partial charge in [0, 0.05) is 12.5 Å². The number of nitrogens with zero attached hydrogens (tertiary/aromatic N) is 1. The first-order chi connectivity index (χ1) is 6.25. The lowest BCUT2D eigenvalue weighted by molar-refractivity contribution is -0.172. The molecule has 1 aliphatic heterocycles. The van der Waals surface area contributed by atoms with E-state index in [1.54, 1.807) is 0 Å². The SMILES string of the molecule is CCNCC(C)C(=O)N1CCCO1. The molecule has 1 heterocycles. The Hall–Kier alpha value is -0.610. The molecule has 1 aliphatic rings. The second-order valence-electron chi connectivity index (χ2n) is 3.34. The molecule has 1 rings (SSSR count). The predicted molar refractivity (Wildman–Crippen MR) is 50.0 cm³/mol. The summed E-state index contributed by atoms with van der Waals surface area (Å²) in [4.78, 5) is 16.8. The summed E-state index contributed by atoms with van der Waals surface area (Å²) in [6.45, 7) is 7.01. The van der Waals surface area contributed by atoms with Crippen LogP contribution in [-0.2, 0) is 9.63 Å². The molecule has 0 saturated carbocycles. The third-order valence-electron chi connectivity index (χ3n) is 2.12. The van der Waals surface area contributed by atoms with Crippen molar-refractivity contribution < 1.29 is 9.63 Å². The first-order valence-electron chi connectivity index (χ1n) is 4.90. The summed E-state index contributed by atoms with van der Waals surface area (Å²) in [5.41, 5.74) is 0. The van der Waals surface area contributed by atoms with Gasteiger partial charge in [0.15, 0.2) is 0 Å². The highest BCUT2D eigenvalue weighted by Gasteiger charge is 2.23. The Labute approximate surface area is 79.2 Å². The van der Waals surface area contributed by atoms with E-state index >= 15 is 0 Å². The van der Waals surface area contributed by atoms with Crippen LogP contribution in [0.4, 0.5) is 0 Å². The van der Waals surface area contributed by atoms with Gasteiger partial charge in [0.1, 0.15) is 0 Å². The number of nitrogens with one attached hydrogen (secondary N) is 1. The average Bonchev–Trinajstić information content (AvgIpc) is 2.65. The number of hydroxylamine groups is 2. The normalized spacial score (nSPS) is 19.1. The van der Waals surface area contributed by atoms with E-state index in [4.69, 9.17) is 4.84 Å². The molecule has 0 radical (unpaired) electrons. The predicted octanol–water partition coefficient (Wildman–Crippen LogP) is 0.396. The van der Waals surface area contributed by atoms with E-state index in [0.29, 0.717) is 6.61 Å². The van der Waals surface area contributed by atoms with E-state index in [1.165, 1.54) is 5.06 Å². The maximum atomic E-state index is 11.6. The van der Waals surface area contributed by atoms with Crippen LogP contribution in [0.25, 0.3) is 0 Å². The van der Waals surface area contributed by atoms with Crippen molar-refractivity contribution in [3.63, 3.8) is 0 Å². The average molecular weight is 186 g/mol. The molecule has 4 nitrogen and oxygen atoms in total. The summed E-state index contributed by atoms with van der Waals surface area (Å²) in [6.07, 6.45) is 0.958. The summed E-state index contributed by atoms with van der Waals surface area (Å²) in [7, 11) is 0. The Morgan fingerprint density at radius 2 is 2.46 bits per heavy atom. The number of carbonyl (C=O) groups is 1. The minimum absolute atomic E-state index is 0.0121. The Morgan fingerprint density at radius 1 is 1.69 bits per heavy atom. The molecule has 4 heteroatoms. The van der Waals surface area contributed by atoms with E-state index in [0.717, 1.165) is 26.1 Å². The van der Waals surface area contributed by atoms with Crippen LogP contribution in [0.1, 0.15) is 20.3 Å². The molecule has 1 atom stereocenters. The van der Waals surface area contributed by atoms with Crippen LogP contribution >= 0.6 is 0 Å². The number of hydrogen-bond acceptors (Lipinski definition) is 3. The second kappa shape index (κ2) is 5.19. The van der Waals surface area contributed by atoms with Crippen molar-refractivity contribution in [3.8, 4) is 0 Å². The van der Waals surface area contributed by atoms with Crippen LogP contribution < -0.4 is 5.32 Å². The first-order valence-corrected chi connectivity index (χ1v) is 4.90. The van der Waals surface area contributed by atoms with E-state index < -0.39 is 0 Å².